The summed E-state index contributed by atoms with van der Waals surface area (Å²) < 4.78 is 10.5. The zero-order chi connectivity index (χ0) is 9.84. The highest BCUT2D eigenvalue weighted by Gasteiger charge is 2.13. The van der Waals surface area contributed by atoms with Gasteiger partial charge in [-0.25, -0.2) is 0 Å². The quantitative estimate of drug-likeness (QED) is 0.655. The van der Waals surface area contributed by atoms with Gasteiger partial charge in [0, 0.05) is 6.42 Å². The van der Waals surface area contributed by atoms with Crippen LogP contribution in [-0.2, 0) is 9.53 Å². The van der Waals surface area contributed by atoms with E-state index in [0.29, 0.717) is 16.9 Å². The third-order valence-electron chi connectivity index (χ3n) is 1.42. The average molecular weight is 248 g/mol. The molecule has 0 radical (unpaired) electrons. The number of halogens is 1. The van der Waals surface area contributed by atoms with Crippen LogP contribution in [0.1, 0.15) is 25.3 Å². The number of ether oxygens (including phenoxy) is 1. The molecule has 0 aliphatic heterocycles. The Kier molecular flexibility index (Phi) is 3.50. The van der Waals surface area contributed by atoms with Crippen molar-refractivity contribution in [2.45, 2.75) is 19.6 Å². The first-order chi connectivity index (χ1) is 6.13. The third kappa shape index (κ3) is 2.86. The van der Waals surface area contributed by atoms with Gasteiger partial charge in [0.2, 0.25) is 6.23 Å². The van der Waals surface area contributed by atoms with Crippen LogP contribution in [0.15, 0.2) is 21.2 Å². The van der Waals surface area contributed by atoms with Crippen LogP contribution >= 0.6 is 15.9 Å². The van der Waals surface area contributed by atoms with Gasteiger partial charge in [-0.15, -0.1) is 0 Å². The lowest BCUT2D eigenvalue weighted by atomic mass is 10.4. The number of carbonyl (C=O) groups is 1. The maximum absolute atomic E-state index is 10.8. The predicted octanol–water partition coefficient (Wildman–Crippen LogP) is 1.95. The fraction of sp³-hybridized carbons (Fsp3) is 0.375. The first-order valence-corrected chi connectivity index (χ1v) is 4.63. The van der Waals surface area contributed by atoms with E-state index in [1.54, 1.807) is 19.1 Å². The Balaban J connectivity index is 2.58. The Morgan fingerprint density at radius 3 is 2.92 bits per heavy atom. The summed E-state index contributed by atoms with van der Waals surface area (Å²) in [6, 6.07) is 3.34. The molecule has 1 rings (SSSR count). The number of rotatable bonds is 3. The van der Waals surface area contributed by atoms with Crippen LogP contribution in [0.5, 0.6) is 0 Å². The fourth-order valence-corrected chi connectivity index (χ4v) is 1.08. The van der Waals surface area contributed by atoms with Gasteiger partial charge in [-0.3, -0.25) is 10.5 Å². The molecule has 2 N–H and O–H groups in total. The molecule has 5 heteroatoms. The van der Waals surface area contributed by atoms with Crippen molar-refractivity contribution in [3.8, 4) is 0 Å². The van der Waals surface area contributed by atoms with Crippen molar-refractivity contribution in [2.75, 3.05) is 0 Å². The van der Waals surface area contributed by atoms with E-state index in [1.165, 1.54) is 0 Å². The molecule has 72 valence electrons. The van der Waals surface area contributed by atoms with Gasteiger partial charge in [-0.05, 0) is 28.1 Å². The Morgan fingerprint density at radius 1 is 1.77 bits per heavy atom. The summed E-state index contributed by atoms with van der Waals surface area (Å²) in [5, 5.41) is 0. The molecule has 0 saturated heterocycles. The Hall–Kier alpha value is -0.810. The van der Waals surface area contributed by atoms with Crippen molar-refractivity contribution in [3.63, 3.8) is 0 Å². The first kappa shape index (κ1) is 10.3. The van der Waals surface area contributed by atoms with E-state index in [1.807, 2.05) is 0 Å². The van der Waals surface area contributed by atoms with Gasteiger partial charge in [-0.1, -0.05) is 6.92 Å². The van der Waals surface area contributed by atoms with Gasteiger partial charge >= 0.3 is 5.97 Å². The van der Waals surface area contributed by atoms with Gasteiger partial charge in [0.15, 0.2) is 10.4 Å². The van der Waals surface area contributed by atoms with E-state index in [9.17, 15) is 4.79 Å². The molecule has 1 heterocycles. The highest BCUT2D eigenvalue weighted by molar-refractivity contribution is 9.10. The van der Waals surface area contributed by atoms with E-state index < -0.39 is 6.23 Å². The minimum atomic E-state index is -0.821. The number of carbonyl (C=O) groups excluding carboxylic acids is 1. The van der Waals surface area contributed by atoms with Crippen molar-refractivity contribution in [1.29, 1.82) is 0 Å². The van der Waals surface area contributed by atoms with Gasteiger partial charge < -0.3 is 9.15 Å². The van der Waals surface area contributed by atoms with Crippen LogP contribution in [0, 0.1) is 0 Å². The van der Waals surface area contributed by atoms with Crippen molar-refractivity contribution in [1.82, 2.24) is 0 Å². The minimum absolute atomic E-state index is 0.301. The predicted molar refractivity (Wildman–Crippen MR) is 49.7 cm³/mol. The Bertz CT molecular complexity index is 297. The molecule has 0 aromatic carbocycles. The molecule has 4 nitrogen and oxygen atoms in total. The highest BCUT2D eigenvalue weighted by atomic mass is 79.9. The molecule has 1 aromatic heterocycles. The molecule has 1 aromatic rings. The van der Waals surface area contributed by atoms with E-state index in [-0.39, 0.29) is 5.97 Å². The monoisotopic (exact) mass is 247 g/mol. The van der Waals surface area contributed by atoms with E-state index in [0.717, 1.165) is 0 Å². The highest BCUT2D eigenvalue weighted by Crippen LogP contribution is 2.19. The van der Waals surface area contributed by atoms with Gasteiger partial charge in [0.05, 0.1) is 0 Å². The first-order valence-electron chi connectivity index (χ1n) is 3.83. The SMILES string of the molecule is CCC(=O)O[C@H](N)c1ccc(Br)o1. The van der Waals surface area contributed by atoms with Gasteiger partial charge in [0.25, 0.3) is 0 Å². The molecule has 0 spiro atoms. The van der Waals surface area contributed by atoms with Crippen molar-refractivity contribution in [3.05, 3.63) is 22.6 Å². The Labute approximate surface area is 84.2 Å². The zero-order valence-electron chi connectivity index (χ0n) is 7.12. The van der Waals surface area contributed by atoms with Crippen LogP contribution < -0.4 is 5.73 Å². The summed E-state index contributed by atoms with van der Waals surface area (Å²) in [6.45, 7) is 1.70. The summed E-state index contributed by atoms with van der Waals surface area (Å²) >= 11 is 3.12. The van der Waals surface area contributed by atoms with Crippen LogP contribution in [0.25, 0.3) is 0 Å². The summed E-state index contributed by atoms with van der Waals surface area (Å²) in [6.07, 6.45) is -0.519. The van der Waals surface area contributed by atoms with Crippen molar-refractivity contribution < 1.29 is 13.9 Å². The summed E-state index contributed by atoms with van der Waals surface area (Å²) in [5.74, 6) is 0.0775. The van der Waals surface area contributed by atoms with Crippen molar-refractivity contribution in [2.24, 2.45) is 5.73 Å². The summed E-state index contributed by atoms with van der Waals surface area (Å²) in [4.78, 5) is 10.8. The van der Waals surface area contributed by atoms with Crippen molar-refractivity contribution >= 4 is 21.9 Å². The topological polar surface area (TPSA) is 65.5 Å². The number of esters is 1. The fourth-order valence-electron chi connectivity index (χ4n) is 0.764. The second-order valence-electron chi connectivity index (χ2n) is 2.41. The minimum Gasteiger partial charge on any atom is -0.449 e. The molecule has 0 bridgehead atoms. The summed E-state index contributed by atoms with van der Waals surface area (Å²) in [5.41, 5.74) is 5.53. The normalized spacial score (nSPS) is 12.5. The third-order valence-corrected chi connectivity index (χ3v) is 1.85. The lowest BCUT2D eigenvalue weighted by molar-refractivity contribution is -0.149. The zero-order valence-corrected chi connectivity index (χ0v) is 8.71. The number of nitrogens with two attached hydrogens (primary N) is 1. The molecule has 0 amide bonds. The van der Waals surface area contributed by atoms with Crippen LogP contribution in [0.2, 0.25) is 0 Å². The van der Waals surface area contributed by atoms with E-state index >= 15 is 0 Å². The van der Waals surface area contributed by atoms with Gasteiger partial charge in [-0.2, -0.15) is 0 Å². The maximum atomic E-state index is 10.8. The maximum Gasteiger partial charge on any atom is 0.307 e. The molecule has 0 saturated carbocycles. The standard InChI is InChI=1S/C8H10BrNO3/c1-2-7(11)13-8(10)5-3-4-6(9)12-5/h3-4,8H,2,10H2,1H3/t8-/m0/s1. The number of hydrogen-bond acceptors (Lipinski definition) is 4. The molecular formula is C8H10BrNO3. The van der Waals surface area contributed by atoms with E-state index in [2.05, 4.69) is 15.9 Å². The lowest BCUT2D eigenvalue weighted by Gasteiger charge is -2.08. The smallest absolute Gasteiger partial charge is 0.307 e. The number of hydrogen-bond donors (Lipinski definition) is 1. The Morgan fingerprint density at radius 2 is 2.46 bits per heavy atom. The number of furan rings is 1. The molecule has 0 fully saturated rings. The lowest BCUT2D eigenvalue weighted by Crippen LogP contribution is -2.17. The van der Waals surface area contributed by atoms with Crippen LogP contribution in [0.3, 0.4) is 0 Å². The molecular weight excluding hydrogens is 238 g/mol. The molecule has 0 unspecified atom stereocenters. The second-order valence-corrected chi connectivity index (χ2v) is 3.19. The van der Waals surface area contributed by atoms with E-state index in [4.69, 9.17) is 14.9 Å². The van der Waals surface area contributed by atoms with Crippen LogP contribution in [0.4, 0.5) is 0 Å². The molecule has 0 aliphatic carbocycles. The molecule has 13 heavy (non-hydrogen) atoms. The molecule has 0 aliphatic rings. The largest absolute Gasteiger partial charge is 0.449 e. The summed E-state index contributed by atoms with van der Waals surface area (Å²) in [7, 11) is 0. The average Bonchev–Trinajstić information content (AvgIpc) is 2.51. The second kappa shape index (κ2) is 4.43. The van der Waals surface area contributed by atoms with Gasteiger partial charge in [0.1, 0.15) is 0 Å². The molecule has 1 atom stereocenters. The van der Waals surface area contributed by atoms with Crippen LogP contribution in [-0.4, -0.2) is 5.97 Å².